The predicted octanol–water partition coefficient (Wildman–Crippen LogP) is 3.33. The van der Waals surface area contributed by atoms with Crippen LogP contribution in [0.2, 0.25) is 0 Å². The molecule has 0 unspecified atom stereocenters. The molecule has 3 nitrogen and oxygen atoms in total. The van der Waals surface area contributed by atoms with Crippen molar-refractivity contribution < 1.29 is 4.42 Å². The lowest BCUT2D eigenvalue weighted by Crippen LogP contribution is -1.88. The van der Waals surface area contributed by atoms with Gasteiger partial charge in [-0.05, 0) is 46.9 Å². The fraction of sp³-hybridized carbons (Fsp3) is 0. The molecule has 2 aromatic rings. The van der Waals surface area contributed by atoms with Gasteiger partial charge in [0.05, 0.1) is 11.9 Å². The number of benzene rings is 1. The molecular formula is C11H9IN2O. The van der Waals surface area contributed by atoms with E-state index in [-0.39, 0.29) is 0 Å². The van der Waals surface area contributed by atoms with Crippen LogP contribution in [-0.4, -0.2) is 6.21 Å². The molecule has 0 aliphatic rings. The summed E-state index contributed by atoms with van der Waals surface area (Å²) in [5.74, 6) is 0.739. The van der Waals surface area contributed by atoms with E-state index in [2.05, 4.69) is 33.1 Å². The number of anilines is 1. The van der Waals surface area contributed by atoms with Crippen LogP contribution in [0, 0.1) is 3.77 Å². The molecule has 1 N–H and O–H groups in total. The van der Waals surface area contributed by atoms with E-state index in [9.17, 15) is 0 Å². The Hall–Kier alpha value is -1.30. The van der Waals surface area contributed by atoms with Gasteiger partial charge in [0.1, 0.15) is 5.76 Å². The molecule has 0 aliphatic carbocycles. The molecule has 0 atom stereocenters. The maximum atomic E-state index is 5.32. The van der Waals surface area contributed by atoms with E-state index >= 15 is 0 Å². The van der Waals surface area contributed by atoms with E-state index in [1.54, 1.807) is 6.21 Å². The molecule has 0 radical (unpaired) electrons. The third-order valence-electron chi connectivity index (χ3n) is 1.75. The van der Waals surface area contributed by atoms with Gasteiger partial charge >= 0.3 is 0 Å². The van der Waals surface area contributed by atoms with E-state index in [1.807, 2.05) is 42.5 Å². The molecule has 1 heterocycles. The topological polar surface area (TPSA) is 37.5 Å². The second-order valence-electron chi connectivity index (χ2n) is 2.88. The van der Waals surface area contributed by atoms with Crippen molar-refractivity contribution in [2.45, 2.75) is 0 Å². The smallest absolute Gasteiger partial charge is 0.164 e. The predicted molar refractivity (Wildman–Crippen MR) is 69.1 cm³/mol. The number of furan rings is 1. The van der Waals surface area contributed by atoms with E-state index in [0.29, 0.717) is 0 Å². The maximum absolute atomic E-state index is 5.32. The molecule has 0 aliphatic heterocycles. The Balaban J connectivity index is 1.96. The van der Waals surface area contributed by atoms with E-state index in [1.165, 1.54) is 0 Å². The Morgan fingerprint density at radius 2 is 1.93 bits per heavy atom. The summed E-state index contributed by atoms with van der Waals surface area (Å²) >= 11 is 2.12. The lowest BCUT2D eigenvalue weighted by molar-refractivity contribution is 0.531. The first-order valence-corrected chi connectivity index (χ1v) is 5.52. The van der Waals surface area contributed by atoms with Crippen molar-refractivity contribution in [1.29, 1.82) is 0 Å². The van der Waals surface area contributed by atoms with Gasteiger partial charge in [-0.1, -0.05) is 18.2 Å². The maximum Gasteiger partial charge on any atom is 0.164 e. The number of hydrogen-bond donors (Lipinski definition) is 1. The average Bonchev–Trinajstić information content (AvgIpc) is 2.66. The zero-order chi connectivity index (χ0) is 10.5. The second-order valence-corrected chi connectivity index (χ2v) is 3.94. The van der Waals surface area contributed by atoms with Crippen LogP contribution < -0.4 is 5.43 Å². The van der Waals surface area contributed by atoms with Crippen LogP contribution in [0.25, 0.3) is 0 Å². The molecule has 0 fully saturated rings. The Labute approximate surface area is 101 Å². The minimum atomic E-state index is 0.739. The minimum Gasteiger partial charge on any atom is -0.449 e. The molecule has 1 aromatic carbocycles. The lowest BCUT2D eigenvalue weighted by Gasteiger charge is -1.96. The van der Waals surface area contributed by atoms with Crippen LogP contribution in [0.1, 0.15) is 5.76 Å². The van der Waals surface area contributed by atoms with Gasteiger partial charge < -0.3 is 4.42 Å². The molecule has 0 saturated carbocycles. The van der Waals surface area contributed by atoms with Crippen molar-refractivity contribution in [3.05, 3.63) is 52.0 Å². The van der Waals surface area contributed by atoms with Gasteiger partial charge in [0.2, 0.25) is 0 Å². The number of rotatable bonds is 3. The summed E-state index contributed by atoms with van der Waals surface area (Å²) in [5.41, 5.74) is 3.86. The zero-order valence-corrected chi connectivity index (χ0v) is 10.0. The molecule has 76 valence electrons. The Kier molecular flexibility index (Phi) is 3.39. The van der Waals surface area contributed by atoms with Crippen LogP contribution in [0.15, 0.2) is 52.0 Å². The van der Waals surface area contributed by atoms with Crippen LogP contribution in [0.4, 0.5) is 5.69 Å². The van der Waals surface area contributed by atoms with Crippen LogP contribution >= 0.6 is 22.6 Å². The molecular weight excluding hydrogens is 303 g/mol. The Bertz CT molecular complexity index is 451. The molecule has 4 heteroatoms. The van der Waals surface area contributed by atoms with Crippen LogP contribution in [0.5, 0.6) is 0 Å². The fourth-order valence-electron chi connectivity index (χ4n) is 1.08. The molecule has 0 spiro atoms. The summed E-state index contributed by atoms with van der Waals surface area (Å²) in [7, 11) is 0. The average molecular weight is 312 g/mol. The highest BCUT2D eigenvalue weighted by Crippen LogP contribution is 2.08. The second kappa shape index (κ2) is 4.97. The number of nitrogens with one attached hydrogen (secondary N) is 1. The van der Waals surface area contributed by atoms with Crippen molar-refractivity contribution in [2.75, 3.05) is 5.43 Å². The molecule has 2 rings (SSSR count). The van der Waals surface area contributed by atoms with Gasteiger partial charge in [-0.25, -0.2) is 0 Å². The summed E-state index contributed by atoms with van der Waals surface area (Å²) in [5, 5.41) is 4.05. The largest absolute Gasteiger partial charge is 0.449 e. The number of hydrogen-bond acceptors (Lipinski definition) is 3. The summed E-state index contributed by atoms with van der Waals surface area (Å²) in [6, 6.07) is 13.5. The van der Waals surface area contributed by atoms with Gasteiger partial charge in [-0.15, -0.1) is 0 Å². The SMILES string of the molecule is Ic1ccc(/C=N\Nc2ccccc2)o1. The van der Waals surface area contributed by atoms with E-state index in [0.717, 1.165) is 15.2 Å². The Morgan fingerprint density at radius 3 is 2.60 bits per heavy atom. The molecule has 1 aromatic heterocycles. The van der Waals surface area contributed by atoms with Gasteiger partial charge in [0.15, 0.2) is 3.77 Å². The highest BCUT2D eigenvalue weighted by Gasteiger charge is 1.93. The first-order chi connectivity index (χ1) is 7.34. The van der Waals surface area contributed by atoms with Crippen molar-refractivity contribution in [2.24, 2.45) is 5.10 Å². The summed E-state index contributed by atoms with van der Waals surface area (Å²) < 4.78 is 6.17. The van der Waals surface area contributed by atoms with Crippen molar-refractivity contribution in [3.63, 3.8) is 0 Å². The molecule has 0 amide bonds. The molecule has 15 heavy (non-hydrogen) atoms. The number of hydrazone groups is 1. The quantitative estimate of drug-likeness (QED) is 0.536. The highest BCUT2D eigenvalue weighted by atomic mass is 127. The first kappa shape index (κ1) is 10.2. The standard InChI is InChI=1S/C11H9IN2O/c12-11-7-6-10(15-11)8-13-14-9-4-2-1-3-5-9/h1-8,14H/b13-8-. The fourth-order valence-corrected chi connectivity index (χ4v) is 1.51. The summed E-state index contributed by atoms with van der Waals surface area (Å²) in [6.45, 7) is 0. The van der Waals surface area contributed by atoms with Gasteiger partial charge in [0, 0.05) is 0 Å². The lowest BCUT2D eigenvalue weighted by atomic mass is 10.3. The normalized spacial score (nSPS) is 10.7. The van der Waals surface area contributed by atoms with Crippen molar-refractivity contribution in [3.8, 4) is 0 Å². The molecule has 0 saturated heterocycles. The minimum absolute atomic E-state index is 0.739. The number of nitrogens with zero attached hydrogens (tertiary/aromatic N) is 1. The van der Waals surface area contributed by atoms with E-state index < -0.39 is 0 Å². The zero-order valence-electron chi connectivity index (χ0n) is 7.85. The van der Waals surface area contributed by atoms with Crippen molar-refractivity contribution >= 4 is 34.5 Å². The number of para-hydroxylation sites is 1. The van der Waals surface area contributed by atoms with Gasteiger partial charge in [-0.3, -0.25) is 5.43 Å². The third-order valence-corrected chi connectivity index (χ3v) is 2.33. The Morgan fingerprint density at radius 1 is 1.13 bits per heavy atom. The van der Waals surface area contributed by atoms with E-state index in [4.69, 9.17) is 4.42 Å². The van der Waals surface area contributed by atoms with Crippen LogP contribution in [-0.2, 0) is 0 Å². The monoisotopic (exact) mass is 312 g/mol. The van der Waals surface area contributed by atoms with Gasteiger partial charge in [-0.2, -0.15) is 5.10 Å². The summed E-state index contributed by atoms with van der Waals surface area (Å²) in [4.78, 5) is 0. The van der Waals surface area contributed by atoms with Gasteiger partial charge in [0.25, 0.3) is 0 Å². The first-order valence-electron chi connectivity index (χ1n) is 4.44. The molecule has 0 bridgehead atoms. The third kappa shape index (κ3) is 3.09. The van der Waals surface area contributed by atoms with Crippen LogP contribution in [0.3, 0.4) is 0 Å². The number of halogens is 1. The highest BCUT2D eigenvalue weighted by molar-refractivity contribution is 14.1. The van der Waals surface area contributed by atoms with Crippen molar-refractivity contribution in [1.82, 2.24) is 0 Å². The summed E-state index contributed by atoms with van der Waals surface area (Å²) in [6.07, 6.45) is 1.65.